The second kappa shape index (κ2) is 7.05. The van der Waals surface area contributed by atoms with Crippen molar-refractivity contribution in [1.82, 2.24) is 0 Å². The Morgan fingerprint density at radius 2 is 1.79 bits per heavy atom. The van der Waals surface area contributed by atoms with Crippen molar-refractivity contribution in [3.05, 3.63) is 75.8 Å². The number of benzene rings is 3. The van der Waals surface area contributed by atoms with Crippen molar-refractivity contribution in [2.24, 2.45) is 0 Å². The molecule has 122 valence electrons. The van der Waals surface area contributed by atoms with Crippen molar-refractivity contribution < 1.29 is 14.3 Å². The first-order chi connectivity index (χ1) is 11.6. The van der Waals surface area contributed by atoms with E-state index >= 15 is 0 Å². The molecule has 0 amide bonds. The van der Waals surface area contributed by atoms with Gasteiger partial charge in [-0.25, -0.2) is 4.79 Å². The number of rotatable bonds is 4. The Labute approximate surface area is 149 Å². The third kappa shape index (κ3) is 3.29. The van der Waals surface area contributed by atoms with Crippen molar-refractivity contribution in [1.29, 1.82) is 0 Å². The minimum Gasteiger partial charge on any atom is -0.488 e. The van der Waals surface area contributed by atoms with E-state index in [1.807, 2.05) is 61.5 Å². The first-order valence-corrected chi connectivity index (χ1v) is 8.37. The van der Waals surface area contributed by atoms with Crippen molar-refractivity contribution in [2.75, 3.05) is 7.11 Å². The molecule has 0 spiro atoms. The number of methoxy groups -OCH3 is 1. The first-order valence-electron chi connectivity index (χ1n) is 7.58. The Kier molecular flexibility index (Phi) is 4.86. The summed E-state index contributed by atoms with van der Waals surface area (Å²) in [6, 6.07) is 17.6. The van der Waals surface area contributed by atoms with E-state index in [1.54, 1.807) is 0 Å². The molecule has 24 heavy (non-hydrogen) atoms. The van der Waals surface area contributed by atoms with E-state index in [1.165, 1.54) is 7.11 Å². The van der Waals surface area contributed by atoms with Gasteiger partial charge in [-0.1, -0.05) is 36.4 Å². The quantitative estimate of drug-likeness (QED) is 0.574. The molecule has 0 atom stereocenters. The molecule has 0 radical (unpaired) electrons. The smallest absolute Gasteiger partial charge is 0.337 e. The molecule has 0 unspecified atom stereocenters. The van der Waals surface area contributed by atoms with Crippen LogP contribution in [0, 0.1) is 6.92 Å². The highest BCUT2D eigenvalue weighted by Gasteiger charge is 2.13. The monoisotopic (exact) mass is 384 g/mol. The van der Waals surface area contributed by atoms with Gasteiger partial charge in [0.1, 0.15) is 12.4 Å². The summed E-state index contributed by atoms with van der Waals surface area (Å²) in [4.78, 5) is 11.8. The molecular formula is C20H17BrO3. The topological polar surface area (TPSA) is 35.5 Å². The SMILES string of the molecule is COC(=O)c1cc(C)c2ccc(OCc3ccccc3)c(Br)c2c1. The summed E-state index contributed by atoms with van der Waals surface area (Å²) in [5.41, 5.74) is 2.65. The summed E-state index contributed by atoms with van der Waals surface area (Å²) in [6.45, 7) is 2.46. The Hall–Kier alpha value is -2.33. The van der Waals surface area contributed by atoms with Gasteiger partial charge in [-0.2, -0.15) is 0 Å². The summed E-state index contributed by atoms with van der Waals surface area (Å²) >= 11 is 3.62. The maximum absolute atomic E-state index is 11.8. The summed E-state index contributed by atoms with van der Waals surface area (Å²) in [5, 5.41) is 2.00. The molecule has 0 aliphatic rings. The zero-order valence-corrected chi connectivity index (χ0v) is 15.1. The minimum absolute atomic E-state index is 0.345. The van der Waals surface area contributed by atoms with Gasteiger partial charge in [0.2, 0.25) is 0 Å². The number of hydrogen-bond acceptors (Lipinski definition) is 3. The Bertz CT molecular complexity index is 888. The van der Waals surface area contributed by atoms with E-state index in [0.29, 0.717) is 12.2 Å². The van der Waals surface area contributed by atoms with E-state index in [9.17, 15) is 4.79 Å². The van der Waals surface area contributed by atoms with Gasteiger partial charge in [0.15, 0.2) is 0 Å². The number of ether oxygens (including phenoxy) is 2. The Balaban J connectivity index is 1.98. The lowest BCUT2D eigenvalue weighted by Gasteiger charge is -2.13. The second-order valence-electron chi connectivity index (χ2n) is 5.53. The fourth-order valence-electron chi connectivity index (χ4n) is 2.65. The van der Waals surface area contributed by atoms with Gasteiger partial charge in [0.25, 0.3) is 0 Å². The van der Waals surface area contributed by atoms with Crippen LogP contribution in [0.25, 0.3) is 10.8 Å². The zero-order chi connectivity index (χ0) is 17.1. The highest BCUT2D eigenvalue weighted by molar-refractivity contribution is 9.10. The van der Waals surface area contributed by atoms with Crippen LogP contribution in [0.5, 0.6) is 5.75 Å². The number of hydrogen-bond donors (Lipinski definition) is 0. The molecule has 3 aromatic carbocycles. The van der Waals surface area contributed by atoms with Crippen LogP contribution in [0.15, 0.2) is 59.1 Å². The molecule has 0 aliphatic heterocycles. The molecule has 0 bridgehead atoms. The molecule has 0 N–H and O–H groups in total. The van der Waals surface area contributed by atoms with Crippen LogP contribution < -0.4 is 4.74 Å². The van der Waals surface area contributed by atoms with Crippen LogP contribution in [-0.4, -0.2) is 13.1 Å². The average molecular weight is 385 g/mol. The van der Waals surface area contributed by atoms with Crippen LogP contribution in [0.4, 0.5) is 0 Å². The second-order valence-corrected chi connectivity index (χ2v) is 6.32. The minimum atomic E-state index is -0.345. The highest BCUT2D eigenvalue weighted by atomic mass is 79.9. The summed E-state index contributed by atoms with van der Waals surface area (Å²) in [6.07, 6.45) is 0. The van der Waals surface area contributed by atoms with Gasteiger partial charge in [-0.3, -0.25) is 0 Å². The Morgan fingerprint density at radius 3 is 2.50 bits per heavy atom. The van der Waals surface area contributed by atoms with E-state index < -0.39 is 0 Å². The fourth-order valence-corrected chi connectivity index (χ4v) is 3.22. The lowest BCUT2D eigenvalue weighted by molar-refractivity contribution is 0.0601. The van der Waals surface area contributed by atoms with Crippen LogP contribution in [0.3, 0.4) is 0 Å². The molecule has 3 nitrogen and oxygen atoms in total. The van der Waals surface area contributed by atoms with Crippen LogP contribution in [-0.2, 0) is 11.3 Å². The molecule has 0 saturated carbocycles. The van der Waals surface area contributed by atoms with E-state index in [-0.39, 0.29) is 5.97 Å². The van der Waals surface area contributed by atoms with Crippen LogP contribution in [0.2, 0.25) is 0 Å². The molecule has 3 aromatic rings. The third-order valence-corrected chi connectivity index (χ3v) is 4.72. The molecule has 0 fully saturated rings. The molecule has 0 heterocycles. The predicted molar refractivity (Wildman–Crippen MR) is 98.5 cm³/mol. The number of fused-ring (bicyclic) bond motifs is 1. The molecule has 3 rings (SSSR count). The highest BCUT2D eigenvalue weighted by Crippen LogP contribution is 2.35. The molecular weight excluding hydrogens is 368 g/mol. The first kappa shape index (κ1) is 16.5. The number of halogens is 1. The van der Waals surface area contributed by atoms with Crippen molar-refractivity contribution in [2.45, 2.75) is 13.5 Å². The molecule has 4 heteroatoms. The van der Waals surface area contributed by atoms with Gasteiger partial charge in [-0.05, 0) is 57.6 Å². The summed E-state index contributed by atoms with van der Waals surface area (Å²) < 4.78 is 11.6. The lowest BCUT2D eigenvalue weighted by atomic mass is 10.0. The Morgan fingerprint density at radius 1 is 1.04 bits per heavy atom. The van der Waals surface area contributed by atoms with Gasteiger partial charge >= 0.3 is 5.97 Å². The largest absolute Gasteiger partial charge is 0.488 e. The fraction of sp³-hybridized carbons (Fsp3) is 0.150. The van der Waals surface area contributed by atoms with E-state index in [2.05, 4.69) is 15.9 Å². The number of aryl methyl sites for hydroxylation is 1. The summed E-state index contributed by atoms with van der Waals surface area (Å²) in [5.74, 6) is 0.398. The average Bonchev–Trinajstić information content (AvgIpc) is 2.61. The van der Waals surface area contributed by atoms with Crippen LogP contribution >= 0.6 is 15.9 Å². The van der Waals surface area contributed by atoms with Crippen molar-refractivity contribution >= 4 is 32.7 Å². The van der Waals surface area contributed by atoms with Gasteiger partial charge in [0.05, 0.1) is 17.1 Å². The van der Waals surface area contributed by atoms with E-state index in [0.717, 1.165) is 32.1 Å². The summed E-state index contributed by atoms with van der Waals surface area (Å²) in [7, 11) is 1.39. The number of esters is 1. The van der Waals surface area contributed by atoms with Crippen LogP contribution in [0.1, 0.15) is 21.5 Å². The normalized spacial score (nSPS) is 10.6. The van der Waals surface area contributed by atoms with Gasteiger partial charge in [-0.15, -0.1) is 0 Å². The zero-order valence-electron chi connectivity index (χ0n) is 13.5. The van der Waals surface area contributed by atoms with E-state index in [4.69, 9.17) is 9.47 Å². The van der Waals surface area contributed by atoms with Gasteiger partial charge < -0.3 is 9.47 Å². The van der Waals surface area contributed by atoms with Gasteiger partial charge in [0, 0.05) is 5.39 Å². The maximum atomic E-state index is 11.8. The molecule has 0 saturated heterocycles. The third-order valence-electron chi connectivity index (χ3n) is 3.90. The standard InChI is InChI=1S/C20H17BrO3/c1-13-10-15(20(22)23-2)11-17-16(13)8-9-18(19(17)21)24-12-14-6-4-3-5-7-14/h3-11H,12H2,1-2H3. The van der Waals surface area contributed by atoms with Crippen molar-refractivity contribution in [3.8, 4) is 5.75 Å². The number of carbonyl (C=O) groups excluding carboxylic acids is 1. The number of carbonyl (C=O) groups is 1. The maximum Gasteiger partial charge on any atom is 0.337 e. The molecule has 0 aromatic heterocycles. The van der Waals surface area contributed by atoms with Crippen molar-refractivity contribution in [3.63, 3.8) is 0 Å². The molecule has 0 aliphatic carbocycles. The predicted octanol–water partition coefficient (Wildman–Crippen LogP) is 5.28. The lowest BCUT2D eigenvalue weighted by Crippen LogP contribution is -2.02.